The quantitative estimate of drug-likeness (QED) is 0.759. The van der Waals surface area contributed by atoms with Gasteiger partial charge in [0.15, 0.2) is 0 Å². The van der Waals surface area contributed by atoms with Crippen LogP contribution < -0.4 is 16.4 Å². The van der Waals surface area contributed by atoms with Crippen LogP contribution in [0.2, 0.25) is 0 Å². The average molecular weight is 233 g/mol. The molecule has 1 heterocycles. The van der Waals surface area contributed by atoms with Crippen molar-refractivity contribution in [2.24, 2.45) is 5.73 Å². The molecule has 4 N–H and O–H groups in total. The lowest BCUT2D eigenvalue weighted by atomic mass is 10.00. The predicted molar refractivity (Wildman–Crippen MR) is 69.8 cm³/mol. The largest absolute Gasteiger partial charge is 0.397 e. The van der Waals surface area contributed by atoms with E-state index in [9.17, 15) is 4.79 Å². The van der Waals surface area contributed by atoms with Crippen molar-refractivity contribution in [2.75, 3.05) is 17.2 Å². The Labute approximate surface area is 102 Å². The van der Waals surface area contributed by atoms with Crippen LogP contribution in [0.1, 0.15) is 24.8 Å². The fourth-order valence-corrected chi connectivity index (χ4v) is 2.42. The molecule has 1 aromatic rings. The summed E-state index contributed by atoms with van der Waals surface area (Å²) < 4.78 is 0. The van der Waals surface area contributed by atoms with Crippen molar-refractivity contribution in [3.05, 3.63) is 23.8 Å². The number of carbonyl (C=O) groups is 1. The van der Waals surface area contributed by atoms with E-state index in [0.717, 1.165) is 37.1 Å². The maximum Gasteiger partial charge on any atom is 0.240 e. The van der Waals surface area contributed by atoms with Crippen molar-refractivity contribution in [1.82, 2.24) is 0 Å². The molecule has 1 aliphatic rings. The lowest BCUT2D eigenvalue weighted by Gasteiger charge is -2.36. The van der Waals surface area contributed by atoms with Crippen LogP contribution in [0.4, 0.5) is 11.4 Å². The second-order valence-corrected chi connectivity index (χ2v) is 4.67. The SMILES string of the molecule is Cc1ccc(N)c(N2CCCCC2C(N)=O)c1. The van der Waals surface area contributed by atoms with Crippen molar-refractivity contribution in [2.45, 2.75) is 32.2 Å². The van der Waals surface area contributed by atoms with Crippen molar-refractivity contribution in [3.8, 4) is 0 Å². The molecule has 1 saturated heterocycles. The molecular formula is C13H19N3O. The Bertz CT molecular complexity index is 431. The molecule has 0 saturated carbocycles. The summed E-state index contributed by atoms with van der Waals surface area (Å²) in [5.41, 5.74) is 14.2. The average Bonchev–Trinajstić information content (AvgIpc) is 2.32. The summed E-state index contributed by atoms with van der Waals surface area (Å²) in [6, 6.07) is 5.67. The van der Waals surface area contributed by atoms with Gasteiger partial charge in [-0.3, -0.25) is 4.79 Å². The second kappa shape index (κ2) is 4.65. The summed E-state index contributed by atoms with van der Waals surface area (Å²) in [7, 11) is 0. The minimum absolute atomic E-state index is 0.215. The topological polar surface area (TPSA) is 72.3 Å². The third kappa shape index (κ3) is 2.35. The lowest BCUT2D eigenvalue weighted by molar-refractivity contribution is -0.119. The number of carbonyl (C=O) groups excluding carboxylic acids is 1. The van der Waals surface area contributed by atoms with E-state index in [1.807, 2.05) is 30.0 Å². The first kappa shape index (κ1) is 11.8. The molecule has 0 bridgehead atoms. The Morgan fingerprint density at radius 3 is 2.88 bits per heavy atom. The van der Waals surface area contributed by atoms with Gasteiger partial charge in [-0.2, -0.15) is 0 Å². The van der Waals surface area contributed by atoms with Crippen LogP contribution in [0, 0.1) is 6.92 Å². The molecule has 2 rings (SSSR count). The fourth-order valence-electron chi connectivity index (χ4n) is 2.42. The van der Waals surface area contributed by atoms with Crippen LogP contribution in [0.15, 0.2) is 18.2 Å². The van der Waals surface area contributed by atoms with Gasteiger partial charge in [0.1, 0.15) is 6.04 Å². The van der Waals surface area contributed by atoms with E-state index in [2.05, 4.69) is 0 Å². The molecule has 4 heteroatoms. The summed E-state index contributed by atoms with van der Waals surface area (Å²) in [5, 5.41) is 0. The second-order valence-electron chi connectivity index (χ2n) is 4.67. The molecule has 0 aromatic heterocycles. The molecule has 1 aromatic carbocycles. The van der Waals surface area contributed by atoms with Gasteiger partial charge >= 0.3 is 0 Å². The van der Waals surface area contributed by atoms with Gasteiger partial charge in [0.25, 0.3) is 0 Å². The van der Waals surface area contributed by atoms with Gasteiger partial charge < -0.3 is 16.4 Å². The predicted octanol–water partition coefficient (Wildman–Crippen LogP) is 1.42. The number of nitrogens with zero attached hydrogens (tertiary/aromatic N) is 1. The number of aryl methyl sites for hydroxylation is 1. The van der Waals surface area contributed by atoms with Crippen molar-refractivity contribution in [3.63, 3.8) is 0 Å². The van der Waals surface area contributed by atoms with E-state index in [1.54, 1.807) is 0 Å². The summed E-state index contributed by atoms with van der Waals surface area (Å²) in [6.07, 6.45) is 2.95. The number of piperidine rings is 1. The zero-order chi connectivity index (χ0) is 12.4. The number of amides is 1. The number of nitrogen functional groups attached to an aromatic ring is 1. The zero-order valence-electron chi connectivity index (χ0n) is 10.1. The number of hydrogen-bond acceptors (Lipinski definition) is 3. The molecule has 0 spiro atoms. The minimum atomic E-state index is -0.259. The molecule has 0 radical (unpaired) electrons. The minimum Gasteiger partial charge on any atom is -0.397 e. The van der Waals surface area contributed by atoms with Crippen LogP contribution in [-0.2, 0) is 4.79 Å². The molecule has 4 nitrogen and oxygen atoms in total. The Morgan fingerprint density at radius 2 is 2.18 bits per heavy atom. The van der Waals surface area contributed by atoms with Gasteiger partial charge in [-0.15, -0.1) is 0 Å². The zero-order valence-corrected chi connectivity index (χ0v) is 10.1. The van der Waals surface area contributed by atoms with Crippen LogP contribution >= 0.6 is 0 Å². The van der Waals surface area contributed by atoms with Crippen LogP contribution in [0.3, 0.4) is 0 Å². The summed E-state index contributed by atoms with van der Waals surface area (Å²) in [5.74, 6) is -0.259. The summed E-state index contributed by atoms with van der Waals surface area (Å²) in [6.45, 7) is 2.87. The van der Waals surface area contributed by atoms with Gasteiger partial charge in [0, 0.05) is 6.54 Å². The number of primary amides is 1. The molecule has 1 fully saturated rings. The van der Waals surface area contributed by atoms with E-state index in [4.69, 9.17) is 11.5 Å². The van der Waals surface area contributed by atoms with Crippen molar-refractivity contribution in [1.29, 1.82) is 0 Å². The molecule has 0 aliphatic carbocycles. The Kier molecular flexibility index (Phi) is 3.22. The van der Waals surface area contributed by atoms with Gasteiger partial charge in [-0.1, -0.05) is 6.07 Å². The van der Waals surface area contributed by atoms with E-state index >= 15 is 0 Å². The van der Waals surface area contributed by atoms with Crippen molar-refractivity contribution < 1.29 is 4.79 Å². The molecule has 1 aliphatic heterocycles. The number of hydrogen-bond donors (Lipinski definition) is 2. The first-order valence-electron chi connectivity index (χ1n) is 6.01. The molecular weight excluding hydrogens is 214 g/mol. The number of nitrogens with two attached hydrogens (primary N) is 2. The van der Waals surface area contributed by atoms with Gasteiger partial charge in [-0.05, 0) is 43.9 Å². The van der Waals surface area contributed by atoms with Crippen LogP contribution in [0.5, 0.6) is 0 Å². The van der Waals surface area contributed by atoms with Gasteiger partial charge in [-0.25, -0.2) is 0 Å². The lowest BCUT2D eigenvalue weighted by Crippen LogP contribution is -2.48. The monoisotopic (exact) mass is 233 g/mol. The van der Waals surface area contributed by atoms with Gasteiger partial charge in [0.2, 0.25) is 5.91 Å². The first-order chi connectivity index (χ1) is 8.09. The molecule has 1 amide bonds. The third-order valence-corrected chi connectivity index (χ3v) is 3.33. The van der Waals surface area contributed by atoms with Crippen LogP contribution in [-0.4, -0.2) is 18.5 Å². The highest BCUT2D eigenvalue weighted by atomic mass is 16.1. The Morgan fingerprint density at radius 1 is 1.41 bits per heavy atom. The van der Waals surface area contributed by atoms with E-state index in [0.29, 0.717) is 5.69 Å². The Hall–Kier alpha value is -1.71. The number of benzene rings is 1. The molecule has 1 unspecified atom stereocenters. The number of anilines is 2. The number of rotatable bonds is 2. The van der Waals surface area contributed by atoms with E-state index in [1.165, 1.54) is 0 Å². The highest BCUT2D eigenvalue weighted by molar-refractivity contribution is 5.85. The highest BCUT2D eigenvalue weighted by Gasteiger charge is 2.28. The Balaban J connectivity index is 2.35. The van der Waals surface area contributed by atoms with E-state index < -0.39 is 0 Å². The fraction of sp³-hybridized carbons (Fsp3) is 0.462. The maximum atomic E-state index is 11.5. The summed E-state index contributed by atoms with van der Waals surface area (Å²) >= 11 is 0. The highest BCUT2D eigenvalue weighted by Crippen LogP contribution is 2.30. The maximum absolute atomic E-state index is 11.5. The normalized spacial score (nSPS) is 20.3. The van der Waals surface area contributed by atoms with Crippen LogP contribution in [0.25, 0.3) is 0 Å². The molecule has 1 atom stereocenters. The smallest absolute Gasteiger partial charge is 0.240 e. The third-order valence-electron chi connectivity index (χ3n) is 3.33. The summed E-state index contributed by atoms with van der Waals surface area (Å²) in [4.78, 5) is 13.5. The van der Waals surface area contributed by atoms with Gasteiger partial charge in [0.05, 0.1) is 11.4 Å². The molecule has 17 heavy (non-hydrogen) atoms. The molecule has 92 valence electrons. The standard InChI is InChI=1S/C13H19N3O/c1-9-5-6-10(14)12(8-9)16-7-3-2-4-11(16)13(15)17/h5-6,8,11H,2-4,7,14H2,1H3,(H2,15,17). The van der Waals surface area contributed by atoms with Crippen molar-refractivity contribution >= 4 is 17.3 Å². The van der Waals surface area contributed by atoms with E-state index in [-0.39, 0.29) is 11.9 Å². The first-order valence-corrected chi connectivity index (χ1v) is 6.01.